The lowest BCUT2D eigenvalue weighted by Crippen LogP contribution is -2.43. The number of rotatable bonds is 8. The van der Waals surface area contributed by atoms with Crippen LogP contribution in [0.5, 0.6) is 0 Å². The molecule has 0 radical (unpaired) electrons. The second-order valence-electron chi connectivity index (χ2n) is 5.62. The highest BCUT2D eigenvalue weighted by molar-refractivity contribution is 5.81. The number of nitrogens with one attached hydrogen (secondary N) is 1. The van der Waals surface area contributed by atoms with Crippen molar-refractivity contribution in [3.63, 3.8) is 0 Å². The molecule has 0 aromatic rings. The van der Waals surface area contributed by atoms with Gasteiger partial charge in [0.25, 0.3) is 0 Å². The van der Waals surface area contributed by atoms with Crippen molar-refractivity contribution in [2.45, 2.75) is 51.5 Å². The molecule has 1 aliphatic rings. The second kappa shape index (κ2) is 10.2. The lowest BCUT2D eigenvalue weighted by atomic mass is 10.1. The highest BCUT2D eigenvalue weighted by Crippen LogP contribution is 2.28. The molecule has 10 nitrogen and oxygen atoms in total. The van der Waals surface area contributed by atoms with Crippen molar-refractivity contribution in [1.82, 2.24) is 5.32 Å². The van der Waals surface area contributed by atoms with Crippen LogP contribution < -0.4 is 5.32 Å². The summed E-state index contributed by atoms with van der Waals surface area (Å²) in [4.78, 5) is 44.4. The van der Waals surface area contributed by atoms with E-state index in [-0.39, 0.29) is 6.61 Å². The molecule has 1 unspecified atom stereocenters. The minimum Gasteiger partial charge on any atom is -0.463 e. The Morgan fingerprint density at radius 2 is 1.57 bits per heavy atom. The normalized spacial score (nSPS) is 24.4. The van der Waals surface area contributed by atoms with Crippen LogP contribution in [0.3, 0.4) is 0 Å². The molecular formula is C15H20F3NO9. The Bertz CT molecular complexity index is 596. The minimum absolute atomic E-state index is 0.351. The van der Waals surface area contributed by atoms with E-state index in [2.05, 4.69) is 0 Å². The molecule has 1 amide bonds. The van der Waals surface area contributed by atoms with Crippen molar-refractivity contribution in [2.75, 3.05) is 19.8 Å². The molecule has 160 valence electrons. The van der Waals surface area contributed by atoms with Gasteiger partial charge in [-0.05, 0) is 0 Å². The molecule has 0 aromatic carbocycles. The molecular weight excluding hydrogens is 395 g/mol. The molecule has 1 N–H and O–H groups in total. The van der Waals surface area contributed by atoms with E-state index in [1.165, 1.54) is 0 Å². The van der Waals surface area contributed by atoms with Gasteiger partial charge in [-0.3, -0.25) is 19.2 Å². The van der Waals surface area contributed by atoms with Crippen molar-refractivity contribution in [3.05, 3.63) is 0 Å². The van der Waals surface area contributed by atoms with Crippen molar-refractivity contribution in [2.24, 2.45) is 0 Å². The summed E-state index contributed by atoms with van der Waals surface area (Å²) in [7, 11) is 0. The second-order valence-corrected chi connectivity index (χ2v) is 5.62. The van der Waals surface area contributed by atoms with E-state index in [1.54, 1.807) is 5.32 Å². The Morgan fingerprint density at radius 3 is 2.07 bits per heavy atom. The zero-order valence-electron chi connectivity index (χ0n) is 15.2. The van der Waals surface area contributed by atoms with E-state index in [0.717, 1.165) is 20.8 Å². The number of carbonyl (C=O) groups is 4. The number of esters is 3. The summed E-state index contributed by atoms with van der Waals surface area (Å²) in [5.41, 5.74) is 0. The van der Waals surface area contributed by atoms with Crippen molar-refractivity contribution < 1.29 is 56.0 Å². The smallest absolute Gasteiger partial charge is 0.463 e. The molecule has 0 bridgehead atoms. The fourth-order valence-corrected chi connectivity index (χ4v) is 2.25. The molecule has 1 heterocycles. The van der Waals surface area contributed by atoms with Crippen molar-refractivity contribution in [3.8, 4) is 0 Å². The van der Waals surface area contributed by atoms with Gasteiger partial charge < -0.3 is 29.0 Å². The topological polar surface area (TPSA) is 126 Å². The van der Waals surface area contributed by atoms with Crippen LogP contribution >= 0.6 is 0 Å². The summed E-state index contributed by atoms with van der Waals surface area (Å²) in [6.45, 7) is 1.98. The lowest BCUT2D eigenvalue weighted by molar-refractivity contribution is -0.194. The van der Waals surface area contributed by atoms with Crippen LogP contribution in [-0.4, -0.2) is 74.4 Å². The first-order valence-electron chi connectivity index (χ1n) is 8.01. The summed E-state index contributed by atoms with van der Waals surface area (Å²) in [5, 5.41) is 1.59. The van der Waals surface area contributed by atoms with E-state index >= 15 is 0 Å². The number of carbonyl (C=O) groups excluding carboxylic acids is 4. The van der Waals surface area contributed by atoms with Gasteiger partial charge in [-0.2, -0.15) is 13.2 Å². The lowest BCUT2D eigenvalue weighted by Gasteiger charge is -2.23. The Morgan fingerprint density at radius 1 is 0.964 bits per heavy atom. The first-order chi connectivity index (χ1) is 12.9. The van der Waals surface area contributed by atoms with Gasteiger partial charge >= 0.3 is 30.0 Å². The summed E-state index contributed by atoms with van der Waals surface area (Å²) in [6, 6.07) is 0. The van der Waals surface area contributed by atoms with Crippen LogP contribution in [0, 0.1) is 0 Å². The van der Waals surface area contributed by atoms with E-state index < -0.39 is 67.7 Å². The monoisotopic (exact) mass is 415 g/mol. The highest BCUT2D eigenvalue weighted by Gasteiger charge is 2.50. The number of hydrogen-bond donors (Lipinski definition) is 1. The number of amides is 1. The molecule has 1 saturated heterocycles. The number of ether oxygens (including phenoxy) is 5. The van der Waals surface area contributed by atoms with Gasteiger partial charge in [0, 0.05) is 27.3 Å². The number of halogens is 3. The van der Waals surface area contributed by atoms with Crippen LogP contribution in [-0.2, 0) is 42.9 Å². The van der Waals surface area contributed by atoms with E-state index in [1.807, 2.05) is 0 Å². The quantitative estimate of drug-likeness (QED) is 0.327. The first kappa shape index (κ1) is 23.6. The predicted molar refractivity (Wildman–Crippen MR) is 81.4 cm³/mol. The maximum Gasteiger partial charge on any atom is 0.471 e. The Balaban J connectivity index is 2.80. The first-order valence-corrected chi connectivity index (χ1v) is 8.01. The van der Waals surface area contributed by atoms with Gasteiger partial charge in [0.05, 0.1) is 6.61 Å². The predicted octanol–water partition coefficient (Wildman–Crippen LogP) is -0.167. The number of hydrogen-bond acceptors (Lipinski definition) is 9. The molecule has 28 heavy (non-hydrogen) atoms. The maximum absolute atomic E-state index is 12.2. The zero-order chi connectivity index (χ0) is 21.5. The maximum atomic E-state index is 12.2. The average molecular weight is 415 g/mol. The molecule has 0 aliphatic carbocycles. The van der Waals surface area contributed by atoms with Gasteiger partial charge in [-0.25, -0.2) is 0 Å². The van der Waals surface area contributed by atoms with Crippen LogP contribution in [0.1, 0.15) is 20.8 Å². The van der Waals surface area contributed by atoms with Crippen molar-refractivity contribution in [1.29, 1.82) is 0 Å². The third-order valence-electron chi connectivity index (χ3n) is 3.26. The Labute approximate surface area is 157 Å². The van der Waals surface area contributed by atoms with Gasteiger partial charge in [0.15, 0.2) is 12.2 Å². The molecule has 0 aromatic heterocycles. The van der Waals surface area contributed by atoms with Crippen LogP contribution in [0.4, 0.5) is 13.2 Å². The average Bonchev–Trinajstić information content (AvgIpc) is 2.84. The molecule has 1 fully saturated rings. The highest BCUT2D eigenvalue weighted by atomic mass is 19.4. The standard InChI is InChI=1S/C15H20F3NO9/c1-7(20)25-6-10-11(26-8(2)21)12(13(28-10)27-9(3)22)24-5-4-19-14(23)15(16,17)18/h10-13H,4-6H2,1-3H3,(H,19,23)/t10-,11-,12-,13?/m1/s1. The SMILES string of the molecule is CC(=O)OC[C@H]1OC(OC(C)=O)[C@H](OCCNC(=O)C(F)(F)F)[C@@H]1OC(C)=O. The molecule has 0 saturated carbocycles. The van der Waals surface area contributed by atoms with Gasteiger partial charge in [-0.15, -0.1) is 0 Å². The largest absolute Gasteiger partial charge is 0.471 e. The fraction of sp³-hybridized carbons (Fsp3) is 0.733. The van der Waals surface area contributed by atoms with Crippen LogP contribution in [0.25, 0.3) is 0 Å². The summed E-state index contributed by atoms with van der Waals surface area (Å²) >= 11 is 0. The molecule has 13 heteroatoms. The van der Waals surface area contributed by atoms with Gasteiger partial charge in [-0.1, -0.05) is 0 Å². The fourth-order valence-electron chi connectivity index (χ4n) is 2.25. The molecule has 4 atom stereocenters. The van der Waals surface area contributed by atoms with E-state index in [4.69, 9.17) is 23.7 Å². The van der Waals surface area contributed by atoms with Gasteiger partial charge in [0.1, 0.15) is 12.7 Å². The molecule has 1 rings (SSSR count). The van der Waals surface area contributed by atoms with Crippen LogP contribution in [0.15, 0.2) is 0 Å². The third kappa shape index (κ3) is 7.68. The van der Waals surface area contributed by atoms with Crippen molar-refractivity contribution >= 4 is 23.8 Å². The van der Waals surface area contributed by atoms with E-state index in [9.17, 15) is 32.3 Å². The number of alkyl halides is 3. The summed E-state index contributed by atoms with van der Waals surface area (Å²) in [6.07, 6.45) is -9.88. The van der Waals surface area contributed by atoms with Gasteiger partial charge in [0.2, 0.25) is 6.29 Å². The summed E-state index contributed by atoms with van der Waals surface area (Å²) < 4.78 is 62.0. The Kier molecular flexibility index (Phi) is 8.63. The Hall–Kier alpha value is -2.41. The van der Waals surface area contributed by atoms with Crippen LogP contribution in [0.2, 0.25) is 0 Å². The zero-order valence-corrected chi connectivity index (χ0v) is 15.2. The third-order valence-corrected chi connectivity index (χ3v) is 3.26. The molecule has 0 spiro atoms. The minimum atomic E-state index is -5.05. The molecule has 1 aliphatic heterocycles. The van der Waals surface area contributed by atoms with E-state index in [0.29, 0.717) is 0 Å². The summed E-state index contributed by atoms with van der Waals surface area (Å²) in [5.74, 6) is -4.31.